The molecule has 14 heteroatoms. The van der Waals surface area contributed by atoms with Crippen LogP contribution >= 0.6 is 23.2 Å². The number of halogens is 8. The van der Waals surface area contributed by atoms with E-state index in [-0.39, 0.29) is 15.6 Å². The van der Waals surface area contributed by atoms with Crippen molar-refractivity contribution in [1.29, 1.82) is 0 Å². The van der Waals surface area contributed by atoms with Gasteiger partial charge < -0.3 is 15.5 Å². The molecule has 0 aliphatic carbocycles. The molecule has 1 aliphatic heterocycles. The first-order valence-corrected chi connectivity index (χ1v) is 10.8. The van der Waals surface area contributed by atoms with Gasteiger partial charge in [0.2, 0.25) is 0 Å². The van der Waals surface area contributed by atoms with E-state index in [0.717, 1.165) is 19.1 Å². The van der Waals surface area contributed by atoms with Crippen molar-refractivity contribution in [1.82, 2.24) is 10.6 Å². The highest BCUT2D eigenvalue weighted by atomic mass is 35.5. The van der Waals surface area contributed by atoms with Gasteiger partial charge in [-0.15, -0.1) is 0 Å². The second-order valence-corrected chi connectivity index (χ2v) is 8.90. The van der Waals surface area contributed by atoms with Gasteiger partial charge in [0.25, 0.3) is 17.4 Å². The van der Waals surface area contributed by atoms with Gasteiger partial charge in [0, 0.05) is 27.6 Å². The third-order valence-corrected chi connectivity index (χ3v) is 5.83. The van der Waals surface area contributed by atoms with Crippen LogP contribution in [0.15, 0.2) is 53.7 Å². The minimum Gasteiger partial charge on any atom is -0.374 e. The smallest absolute Gasteiger partial charge is 0.374 e. The predicted octanol–water partition coefficient (Wildman–Crippen LogP) is 5.39. The number of hydrogen-bond donors (Lipinski definition) is 2. The summed E-state index contributed by atoms with van der Waals surface area (Å²) in [5, 5.41) is 6.91. The Morgan fingerprint density at radius 3 is 2.14 bits per heavy atom. The van der Waals surface area contributed by atoms with Gasteiger partial charge in [-0.3, -0.25) is 9.59 Å². The number of oxime groups is 1. The molecular formula is C22H17Cl2F6N3O3. The molecule has 36 heavy (non-hydrogen) atoms. The molecule has 2 aromatic rings. The van der Waals surface area contributed by atoms with Crippen LogP contribution in [-0.2, 0) is 15.2 Å². The number of hydrogen-bond acceptors (Lipinski definition) is 4. The summed E-state index contributed by atoms with van der Waals surface area (Å²) in [5.74, 6) is -2.40. The first-order valence-electron chi connectivity index (χ1n) is 10.1. The van der Waals surface area contributed by atoms with E-state index in [1.165, 1.54) is 30.3 Å². The van der Waals surface area contributed by atoms with E-state index in [1.807, 2.05) is 0 Å². The Labute approximate surface area is 210 Å². The standard InChI is InChI=1S/C22H17Cl2F6N3O3/c1-19(18(35)31-11-21(25,26)27,32-17(34)12-5-3-2-4-6-12)16-10-20(36-33-16,22(28,29)30)13-7-14(23)9-15(24)8-13/h2-9H,10-11H2,1H3,(H,31,35)(H,32,34). The van der Waals surface area contributed by atoms with Crippen LogP contribution in [0.4, 0.5) is 26.3 Å². The van der Waals surface area contributed by atoms with Crippen LogP contribution in [0.25, 0.3) is 0 Å². The second kappa shape index (κ2) is 9.81. The zero-order chi connectivity index (χ0) is 26.9. The maximum absolute atomic E-state index is 14.3. The summed E-state index contributed by atoms with van der Waals surface area (Å²) in [6, 6.07) is 10.3. The number of benzene rings is 2. The first-order chi connectivity index (χ1) is 16.6. The van der Waals surface area contributed by atoms with Crippen molar-refractivity contribution in [2.75, 3.05) is 6.54 Å². The molecule has 2 aromatic carbocycles. The van der Waals surface area contributed by atoms with Gasteiger partial charge in [-0.2, -0.15) is 26.3 Å². The zero-order valence-corrected chi connectivity index (χ0v) is 19.7. The van der Waals surface area contributed by atoms with Crippen molar-refractivity contribution in [3.8, 4) is 0 Å². The molecule has 1 aliphatic rings. The largest absolute Gasteiger partial charge is 0.435 e. The fraction of sp³-hybridized carbons (Fsp3) is 0.318. The molecule has 6 nitrogen and oxygen atoms in total. The molecule has 2 unspecified atom stereocenters. The highest BCUT2D eigenvalue weighted by molar-refractivity contribution is 6.34. The summed E-state index contributed by atoms with van der Waals surface area (Å²) in [6.45, 7) is -0.871. The van der Waals surface area contributed by atoms with Gasteiger partial charge in [-0.05, 0) is 37.3 Å². The van der Waals surface area contributed by atoms with Gasteiger partial charge >= 0.3 is 12.4 Å². The average Bonchev–Trinajstić information content (AvgIpc) is 3.24. The monoisotopic (exact) mass is 555 g/mol. The molecular weight excluding hydrogens is 539 g/mol. The van der Waals surface area contributed by atoms with Crippen LogP contribution in [0.3, 0.4) is 0 Å². The number of carbonyl (C=O) groups is 2. The maximum atomic E-state index is 14.3. The van der Waals surface area contributed by atoms with Crippen LogP contribution in [0, 0.1) is 0 Å². The number of alkyl halides is 6. The average molecular weight is 556 g/mol. The fourth-order valence-electron chi connectivity index (χ4n) is 3.46. The van der Waals surface area contributed by atoms with E-state index in [9.17, 15) is 35.9 Å². The molecule has 1 heterocycles. The van der Waals surface area contributed by atoms with E-state index in [2.05, 4.69) is 10.5 Å². The molecule has 194 valence electrons. The lowest BCUT2D eigenvalue weighted by Crippen LogP contribution is -2.63. The summed E-state index contributed by atoms with van der Waals surface area (Å²) >= 11 is 11.7. The molecule has 2 amide bonds. The van der Waals surface area contributed by atoms with Crippen LogP contribution in [-0.4, -0.2) is 42.0 Å². The summed E-state index contributed by atoms with van der Waals surface area (Å²) < 4.78 is 81.3. The Balaban J connectivity index is 2.03. The Morgan fingerprint density at radius 2 is 1.61 bits per heavy atom. The van der Waals surface area contributed by atoms with Crippen molar-refractivity contribution in [2.45, 2.75) is 36.8 Å². The Kier molecular flexibility index (Phi) is 7.52. The number of carbonyl (C=O) groups excluding carboxylic acids is 2. The molecule has 0 saturated carbocycles. The van der Waals surface area contributed by atoms with E-state index >= 15 is 0 Å². The maximum Gasteiger partial charge on any atom is 0.435 e. The number of nitrogens with zero attached hydrogens (tertiary/aromatic N) is 1. The minimum absolute atomic E-state index is 0.00410. The van der Waals surface area contributed by atoms with Crippen molar-refractivity contribution in [2.24, 2.45) is 5.16 Å². The third kappa shape index (κ3) is 5.70. The van der Waals surface area contributed by atoms with Crippen molar-refractivity contribution in [3.63, 3.8) is 0 Å². The molecule has 3 rings (SSSR count). The minimum atomic E-state index is -5.14. The number of rotatable bonds is 6. The van der Waals surface area contributed by atoms with Crippen LogP contribution in [0.1, 0.15) is 29.3 Å². The quantitative estimate of drug-likeness (QED) is 0.469. The predicted molar refractivity (Wildman–Crippen MR) is 119 cm³/mol. The number of amides is 2. The Bertz CT molecular complexity index is 1170. The molecule has 0 bridgehead atoms. The summed E-state index contributed by atoms with van der Waals surface area (Å²) in [6.07, 6.45) is -11.1. The highest BCUT2D eigenvalue weighted by Crippen LogP contribution is 2.50. The number of nitrogens with one attached hydrogen (secondary N) is 2. The van der Waals surface area contributed by atoms with Crippen molar-refractivity contribution >= 4 is 40.7 Å². The molecule has 0 saturated heterocycles. The zero-order valence-electron chi connectivity index (χ0n) is 18.2. The summed E-state index contributed by atoms with van der Waals surface area (Å²) in [7, 11) is 0. The molecule has 2 N–H and O–H groups in total. The fourth-order valence-corrected chi connectivity index (χ4v) is 3.99. The van der Waals surface area contributed by atoms with Crippen molar-refractivity contribution in [3.05, 3.63) is 69.7 Å². The Morgan fingerprint density at radius 1 is 1.03 bits per heavy atom. The summed E-state index contributed by atoms with van der Waals surface area (Å²) in [5.41, 5.74) is -6.89. The topological polar surface area (TPSA) is 79.8 Å². The molecule has 0 aromatic heterocycles. The van der Waals surface area contributed by atoms with Gasteiger partial charge in [0.05, 0.1) is 5.71 Å². The highest BCUT2D eigenvalue weighted by Gasteiger charge is 2.64. The molecule has 2 atom stereocenters. The van der Waals surface area contributed by atoms with Gasteiger partial charge in [-0.25, -0.2) is 0 Å². The van der Waals surface area contributed by atoms with E-state index in [4.69, 9.17) is 28.0 Å². The van der Waals surface area contributed by atoms with Gasteiger partial charge in [0.1, 0.15) is 6.54 Å². The Hall–Kier alpha value is -2.99. The van der Waals surface area contributed by atoms with Crippen molar-refractivity contribution < 1.29 is 40.8 Å². The van der Waals surface area contributed by atoms with Crippen LogP contribution < -0.4 is 10.6 Å². The molecule has 0 fully saturated rings. The van der Waals surface area contributed by atoms with Gasteiger partial charge in [0.15, 0.2) is 5.54 Å². The lowest BCUT2D eigenvalue weighted by atomic mass is 9.81. The third-order valence-electron chi connectivity index (χ3n) is 5.40. The normalized spacial score (nSPS) is 19.6. The SMILES string of the molecule is CC(NC(=O)c1ccccc1)(C(=O)NCC(F)(F)F)C1=NOC(c2cc(Cl)cc(Cl)c2)(C(F)(F)F)C1. The lowest BCUT2D eigenvalue weighted by molar-refractivity contribution is -0.275. The summed E-state index contributed by atoms with van der Waals surface area (Å²) in [4.78, 5) is 30.5. The molecule has 0 radical (unpaired) electrons. The van der Waals surface area contributed by atoms with Crippen LogP contribution in [0.2, 0.25) is 10.0 Å². The van der Waals surface area contributed by atoms with Crippen LogP contribution in [0.5, 0.6) is 0 Å². The molecule has 0 spiro atoms. The van der Waals surface area contributed by atoms with E-state index in [0.29, 0.717) is 0 Å². The van der Waals surface area contributed by atoms with E-state index in [1.54, 1.807) is 11.4 Å². The first kappa shape index (κ1) is 27.6. The van der Waals surface area contributed by atoms with E-state index < -0.39 is 59.5 Å². The lowest BCUT2D eigenvalue weighted by Gasteiger charge is -2.32. The second-order valence-electron chi connectivity index (χ2n) is 8.03. The van der Waals surface area contributed by atoms with Gasteiger partial charge in [-0.1, -0.05) is 46.6 Å².